The number of oxime groups is 1. The second kappa shape index (κ2) is 8.88. The Balaban J connectivity index is 1.62. The Hall–Kier alpha value is -2.58. The van der Waals surface area contributed by atoms with E-state index in [1.54, 1.807) is 12.1 Å². The summed E-state index contributed by atoms with van der Waals surface area (Å²) in [5, 5.41) is 12.2. The molecule has 1 aromatic heterocycles. The topological polar surface area (TPSA) is 79.0 Å². The highest BCUT2D eigenvalue weighted by molar-refractivity contribution is 9.10. The molecule has 9 heteroatoms. The number of halogens is 2. The first-order valence-corrected chi connectivity index (χ1v) is 8.93. The predicted molar refractivity (Wildman–Crippen MR) is 104 cm³/mol. The lowest BCUT2D eigenvalue weighted by Crippen LogP contribution is -1.94. The Morgan fingerprint density at radius 3 is 2.63 bits per heavy atom. The van der Waals surface area contributed by atoms with Crippen molar-refractivity contribution in [2.75, 3.05) is 14.2 Å². The molecule has 0 saturated carbocycles. The maximum absolute atomic E-state index is 6.15. The summed E-state index contributed by atoms with van der Waals surface area (Å²) in [6.07, 6.45) is 1.50. The number of rotatable bonds is 7. The summed E-state index contributed by atoms with van der Waals surface area (Å²) in [5.74, 6) is 1.69. The van der Waals surface area contributed by atoms with Crippen molar-refractivity contribution in [1.82, 2.24) is 10.2 Å². The summed E-state index contributed by atoms with van der Waals surface area (Å²) >= 11 is 9.53. The maximum atomic E-state index is 6.15. The molecular formula is C18H15BrClN3O4. The number of methoxy groups -OCH3 is 2. The van der Waals surface area contributed by atoms with Crippen molar-refractivity contribution in [3.05, 3.63) is 57.3 Å². The molecule has 0 amide bonds. The summed E-state index contributed by atoms with van der Waals surface area (Å²) < 4.78 is 17.0. The smallest absolute Gasteiger partial charge is 0.257 e. The minimum Gasteiger partial charge on any atom is -0.493 e. The van der Waals surface area contributed by atoms with Gasteiger partial charge < -0.3 is 18.7 Å². The van der Waals surface area contributed by atoms with Gasteiger partial charge in [0.2, 0.25) is 5.89 Å². The summed E-state index contributed by atoms with van der Waals surface area (Å²) in [4.78, 5) is 5.21. The molecule has 0 N–H and O–H groups in total. The molecule has 140 valence electrons. The van der Waals surface area contributed by atoms with E-state index in [4.69, 9.17) is 30.3 Å². The molecule has 2 aromatic carbocycles. The van der Waals surface area contributed by atoms with E-state index in [1.165, 1.54) is 20.4 Å². The molecule has 1 heterocycles. The average Bonchev–Trinajstić information content (AvgIpc) is 3.14. The van der Waals surface area contributed by atoms with Gasteiger partial charge in [-0.1, -0.05) is 32.7 Å². The zero-order valence-corrected chi connectivity index (χ0v) is 16.8. The third-order valence-electron chi connectivity index (χ3n) is 3.48. The Kier molecular flexibility index (Phi) is 6.31. The summed E-state index contributed by atoms with van der Waals surface area (Å²) in [5.41, 5.74) is 1.51. The minimum absolute atomic E-state index is 0.0427. The van der Waals surface area contributed by atoms with Crippen molar-refractivity contribution >= 4 is 33.7 Å². The van der Waals surface area contributed by atoms with Crippen LogP contribution >= 0.6 is 27.5 Å². The Morgan fingerprint density at radius 1 is 1.15 bits per heavy atom. The van der Waals surface area contributed by atoms with Crippen LogP contribution in [0.4, 0.5) is 0 Å². The standard InChI is InChI=1S/C18H15BrClN3O4/c1-24-15-8-11(7-14(20)17(15)25-2)9-21-26-10-16-22-23-18(27-16)12-3-5-13(19)6-4-12/h3-9H,10H2,1-2H3/b21-9+. The maximum Gasteiger partial charge on any atom is 0.257 e. The molecule has 27 heavy (non-hydrogen) atoms. The first-order valence-electron chi connectivity index (χ1n) is 7.76. The average molecular weight is 453 g/mol. The molecule has 0 aliphatic rings. The van der Waals surface area contributed by atoms with Crippen LogP contribution in [0.5, 0.6) is 11.5 Å². The first-order chi connectivity index (χ1) is 13.1. The van der Waals surface area contributed by atoms with E-state index in [-0.39, 0.29) is 6.61 Å². The van der Waals surface area contributed by atoms with E-state index in [0.717, 1.165) is 10.0 Å². The van der Waals surface area contributed by atoms with Gasteiger partial charge in [-0.25, -0.2) is 0 Å². The van der Waals surface area contributed by atoms with E-state index in [1.807, 2.05) is 24.3 Å². The molecule has 0 spiro atoms. The fourth-order valence-corrected chi connectivity index (χ4v) is 2.78. The molecule has 7 nitrogen and oxygen atoms in total. The highest BCUT2D eigenvalue weighted by Gasteiger charge is 2.11. The third-order valence-corrected chi connectivity index (χ3v) is 4.29. The molecule has 0 unspecified atom stereocenters. The van der Waals surface area contributed by atoms with Gasteiger partial charge in [0.05, 0.1) is 25.5 Å². The van der Waals surface area contributed by atoms with Crippen molar-refractivity contribution in [3.8, 4) is 23.0 Å². The zero-order chi connectivity index (χ0) is 19.2. The summed E-state index contributed by atoms with van der Waals surface area (Å²) in [6, 6.07) is 11.0. The molecule has 0 bridgehead atoms. The van der Waals surface area contributed by atoms with Crippen LogP contribution in [0.15, 0.2) is 50.4 Å². The third kappa shape index (κ3) is 4.78. The number of ether oxygens (including phenoxy) is 2. The zero-order valence-electron chi connectivity index (χ0n) is 14.5. The van der Waals surface area contributed by atoms with Gasteiger partial charge >= 0.3 is 0 Å². The minimum atomic E-state index is 0.0427. The van der Waals surface area contributed by atoms with Crippen LogP contribution in [-0.4, -0.2) is 30.6 Å². The van der Waals surface area contributed by atoms with E-state index in [9.17, 15) is 0 Å². The molecule has 0 saturated heterocycles. The molecule has 0 radical (unpaired) electrons. The van der Waals surface area contributed by atoms with Gasteiger partial charge in [-0.15, -0.1) is 10.2 Å². The highest BCUT2D eigenvalue weighted by atomic mass is 79.9. The molecule has 0 aliphatic carbocycles. The lowest BCUT2D eigenvalue weighted by Gasteiger charge is -2.09. The van der Waals surface area contributed by atoms with E-state index < -0.39 is 0 Å². The number of aromatic nitrogens is 2. The second-order valence-corrected chi connectivity index (χ2v) is 6.58. The summed E-state index contributed by atoms with van der Waals surface area (Å²) in [7, 11) is 3.05. The van der Waals surface area contributed by atoms with Crippen LogP contribution in [0, 0.1) is 0 Å². The fraction of sp³-hybridized carbons (Fsp3) is 0.167. The molecule has 0 atom stereocenters. The normalized spacial score (nSPS) is 11.0. The monoisotopic (exact) mass is 451 g/mol. The Morgan fingerprint density at radius 2 is 1.93 bits per heavy atom. The second-order valence-electron chi connectivity index (χ2n) is 5.25. The fourth-order valence-electron chi connectivity index (χ4n) is 2.22. The van der Waals surface area contributed by atoms with E-state index in [2.05, 4.69) is 31.3 Å². The van der Waals surface area contributed by atoms with Gasteiger partial charge in [-0.3, -0.25) is 0 Å². The van der Waals surface area contributed by atoms with Crippen molar-refractivity contribution in [2.45, 2.75) is 6.61 Å². The molecule has 0 aliphatic heterocycles. The van der Waals surface area contributed by atoms with Crippen molar-refractivity contribution in [1.29, 1.82) is 0 Å². The van der Waals surface area contributed by atoms with Gasteiger partial charge in [0.25, 0.3) is 5.89 Å². The van der Waals surface area contributed by atoms with Gasteiger partial charge in [0.15, 0.2) is 18.1 Å². The van der Waals surface area contributed by atoms with Gasteiger partial charge in [0, 0.05) is 15.6 Å². The molecular weight excluding hydrogens is 438 g/mol. The van der Waals surface area contributed by atoms with Crippen molar-refractivity contribution < 1.29 is 18.7 Å². The van der Waals surface area contributed by atoms with Crippen LogP contribution in [0.25, 0.3) is 11.5 Å². The van der Waals surface area contributed by atoms with Crippen LogP contribution in [0.2, 0.25) is 5.02 Å². The lowest BCUT2D eigenvalue weighted by molar-refractivity contribution is 0.112. The number of hydrogen-bond acceptors (Lipinski definition) is 7. The SMILES string of the molecule is COc1cc(/C=N/OCc2nnc(-c3ccc(Br)cc3)o2)cc(Cl)c1OC. The molecule has 3 aromatic rings. The van der Waals surface area contributed by atoms with E-state index in [0.29, 0.717) is 33.9 Å². The lowest BCUT2D eigenvalue weighted by atomic mass is 10.2. The number of nitrogens with zero attached hydrogens (tertiary/aromatic N) is 3. The van der Waals surface area contributed by atoms with E-state index >= 15 is 0 Å². The predicted octanol–water partition coefficient (Wildman–Crippen LogP) is 4.72. The summed E-state index contributed by atoms with van der Waals surface area (Å²) in [6.45, 7) is 0.0427. The quantitative estimate of drug-likeness (QED) is 0.381. The van der Waals surface area contributed by atoms with Crippen LogP contribution in [-0.2, 0) is 11.4 Å². The van der Waals surface area contributed by atoms with Gasteiger partial charge in [0.1, 0.15) is 0 Å². The first kappa shape index (κ1) is 19.2. The van der Waals surface area contributed by atoms with Gasteiger partial charge in [-0.05, 0) is 36.4 Å². The van der Waals surface area contributed by atoms with Crippen molar-refractivity contribution in [2.24, 2.45) is 5.16 Å². The van der Waals surface area contributed by atoms with Crippen LogP contribution < -0.4 is 9.47 Å². The molecule has 3 rings (SSSR count). The number of benzene rings is 2. The highest BCUT2D eigenvalue weighted by Crippen LogP contribution is 2.35. The Labute approximate surface area is 169 Å². The van der Waals surface area contributed by atoms with Crippen LogP contribution in [0.1, 0.15) is 11.5 Å². The number of hydrogen-bond donors (Lipinski definition) is 0. The van der Waals surface area contributed by atoms with Crippen LogP contribution in [0.3, 0.4) is 0 Å². The van der Waals surface area contributed by atoms with Crippen molar-refractivity contribution in [3.63, 3.8) is 0 Å². The molecule has 0 fully saturated rings. The van der Waals surface area contributed by atoms with Gasteiger partial charge in [-0.2, -0.15) is 0 Å². The Bertz CT molecular complexity index is 944. The largest absolute Gasteiger partial charge is 0.493 e.